The highest BCUT2D eigenvalue weighted by atomic mass is 35.5. The van der Waals surface area contributed by atoms with Crippen molar-refractivity contribution in [3.63, 3.8) is 0 Å². The van der Waals surface area contributed by atoms with Gasteiger partial charge in [0.1, 0.15) is 0 Å². The molecule has 1 heterocycles. The molecule has 1 fully saturated rings. The molecule has 0 radical (unpaired) electrons. The molecule has 0 aliphatic carbocycles. The van der Waals surface area contributed by atoms with E-state index < -0.39 is 5.75 Å². The van der Waals surface area contributed by atoms with Crippen molar-refractivity contribution in [2.75, 3.05) is 26.2 Å². The van der Waals surface area contributed by atoms with Crippen LogP contribution in [0, 0.1) is 5.92 Å². The van der Waals surface area contributed by atoms with Crippen molar-refractivity contribution < 1.29 is 15.3 Å². The molecule has 1 atom stereocenters. The minimum Gasteiger partial charge on any atom is -0.504 e. The smallest absolute Gasteiger partial charge is 0.200 e. The second-order valence-electron chi connectivity index (χ2n) is 6.14. The van der Waals surface area contributed by atoms with Crippen molar-refractivity contribution in [3.05, 3.63) is 17.7 Å². The van der Waals surface area contributed by atoms with Gasteiger partial charge in [0.25, 0.3) is 0 Å². The number of hydrogen-bond donors (Lipinski definition) is 4. The normalized spacial score (nSPS) is 16.5. The van der Waals surface area contributed by atoms with Gasteiger partial charge in [0.05, 0.1) is 0 Å². The predicted molar refractivity (Wildman–Crippen MR) is 97.2 cm³/mol. The van der Waals surface area contributed by atoms with Gasteiger partial charge in [-0.05, 0) is 30.9 Å². The van der Waals surface area contributed by atoms with Crippen LogP contribution in [0.1, 0.15) is 38.3 Å². The minimum atomic E-state index is -0.419. The minimum absolute atomic E-state index is 0. The first-order valence-electron chi connectivity index (χ1n) is 7.69. The largest absolute Gasteiger partial charge is 0.504 e. The second kappa shape index (κ2) is 10.1. The number of nitrogens with one attached hydrogen (secondary N) is 1. The average Bonchev–Trinajstić information content (AvgIpc) is 2.48. The number of phenols is 3. The Hall–Kier alpha value is -0.880. The van der Waals surface area contributed by atoms with E-state index in [2.05, 4.69) is 24.1 Å². The molecule has 1 aliphatic heterocycles. The lowest BCUT2D eigenvalue weighted by Gasteiger charge is -2.36. The maximum absolute atomic E-state index is 10.2. The van der Waals surface area contributed by atoms with E-state index in [4.69, 9.17) is 0 Å². The number of phenolic OH excluding ortho intramolecular Hbond substituents is 3. The van der Waals surface area contributed by atoms with Crippen molar-refractivity contribution in [3.8, 4) is 17.2 Å². The third kappa shape index (κ3) is 5.60. The van der Waals surface area contributed by atoms with Crippen molar-refractivity contribution in [2.45, 2.75) is 32.7 Å². The molecule has 134 valence electrons. The Balaban J connectivity index is 0.00000242. The highest BCUT2D eigenvalue weighted by Crippen LogP contribution is 2.42. The molecule has 1 aromatic carbocycles. The van der Waals surface area contributed by atoms with E-state index in [9.17, 15) is 15.3 Å². The third-order valence-corrected chi connectivity index (χ3v) is 4.13. The average molecular weight is 367 g/mol. The number of hydrogen-bond acceptors (Lipinski definition) is 5. The predicted octanol–water partition coefficient (Wildman–Crippen LogP) is 3.03. The fourth-order valence-corrected chi connectivity index (χ4v) is 2.87. The fourth-order valence-electron chi connectivity index (χ4n) is 2.87. The Labute approximate surface area is 150 Å². The standard InChI is InChI=1S/C16H26N2O3.2ClH/c1-11(2)3-5-13(18-9-7-17-8-10-18)12-4-6-14(19)16(21)15(12)20;;/h4,6,11,13,17,19-21H,3,5,7-10H2,1-2H3;2*1H/t13-;;/m1../s1. The summed E-state index contributed by atoms with van der Waals surface area (Å²) in [6.45, 7) is 8.08. The summed E-state index contributed by atoms with van der Waals surface area (Å²) in [4.78, 5) is 2.34. The molecule has 1 saturated heterocycles. The molecule has 0 amide bonds. The van der Waals surface area contributed by atoms with Crippen LogP contribution in [0.2, 0.25) is 0 Å². The molecule has 7 heteroatoms. The maximum atomic E-state index is 10.2. The summed E-state index contributed by atoms with van der Waals surface area (Å²) in [6, 6.07) is 3.24. The summed E-state index contributed by atoms with van der Waals surface area (Å²) < 4.78 is 0. The number of halogens is 2. The van der Waals surface area contributed by atoms with Crippen LogP contribution in [0.3, 0.4) is 0 Å². The molecule has 23 heavy (non-hydrogen) atoms. The van der Waals surface area contributed by atoms with Crippen molar-refractivity contribution in [1.29, 1.82) is 0 Å². The van der Waals surface area contributed by atoms with Gasteiger partial charge in [0.2, 0.25) is 5.75 Å². The van der Waals surface area contributed by atoms with Crippen molar-refractivity contribution in [2.24, 2.45) is 5.92 Å². The zero-order valence-electron chi connectivity index (χ0n) is 13.7. The van der Waals surface area contributed by atoms with Gasteiger partial charge in [-0.1, -0.05) is 13.8 Å². The summed E-state index contributed by atoms with van der Waals surface area (Å²) in [6.07, 6.45) is 1.98. The summed E-state index contributed by atoms with van der Waals surface area (Å²) in [5.74, 6) is -0.304. The molecule has 0 bridgehead atoms. The lowest BCUT2D eigenvalue weighted by Crippen LogP contribution is -2.45. The van der Waals surface area contributed by atoms with E-state index in [0.717, 1.165) is 39.0 Å². The summed E-state index contributed by atoms with van der Waals surface area (Å²) >= 11 is 0. The first-order valence-corrected chi connectivity index (χ1v) is 7.69. The van der Waals surface area contributed by atoms with Gasteiger partial charge in [-0.25, -0.2) is 0 Å². The van der Waals surface area contributed by atoms with Crippen LogP contribution in [-0.2, 0) is 0 Å². The summed E-state index contributed by atoms with van der Waals surface area (Å²) in [5.41, 5.74) is 0.702. The Morgan fingerprint density at radius 1 is 1.00 bits per heavy atom. The van der Waals surface area contributed by atoms with Crippen LogP contribution in [0.25, 0.3) is 0 Å². The highest BCUT2D eigenvalue weighted by Gasteiger charge is 2.26. The van der Waals surface area contributed by atoms with Gasteiger partial charge in [0.15, 0.2) is 11.5 Å². The number of nitrogens with zero attached hydrogens (tertiary/aromatic N) is 1. The quantitative estimate of drug-likeness (QED) is 0.602. The monoisotopic (exact) mass is 366 g/mol. The highest BCUT2D eigenvalue weighted by molar-refractivity contribution is 5.85. The van der Waals surface area contributed by atoms with E-state index in [0.29, 0.717) is 11.5 Å². The molecule has 1 aliphatic rings. The Morgan fingerprint density at radius 2 is 1.61 bits per heavy atom. The van der Waals surface area contributed by atoms with E-state index in [1.165, 1.54) is 6.07 Å². The van der Waals surface area contributed by atoms with Crippen LogP contribution >= 0.6 is 24.8 Å². The first-order chi connectivity index (χ1) is 10.0. The van der Waals surface area contributed by atoms with E-state index in [-0.39, 0.29) is 42.4 Å². The van der Waals surface area contributed by atoms with Crippen LogP contribution in [0.4, 0.5) is 0 Å². The SMILES string of the molecule is CC(C)CC[C@H](c1ccc(O)c(O)c1O)N1CCNCC1.Cl.Cl. The van der Waals surface area contributed by atoms with E-state index >= 15 is 0 Å². The molecule has 5 nitrogen and oxygen atoms in total. The van der Waals surface area contributed by atoms with Crippen molar-refractivity contribution in [1.82, 2.24) is 10.2 Å². The lowest BCUT2D eigenvalue weighted by atomic mass is 9.94. The van der Waals surface area contributed by atoms with Crippen LogP contribution < -0.4 is 5.32 Å². The van der Waals surface area contributed by atoms with Crippen molar-refractivity contribution >= 4 is 24.8 Å². The first kappa shape index (κ1) is 22.1. The number of aromatic hydroxyl groups is 3. The van der Waals surface area contributed by atoms with Crippen LogP contribution in [0.5, 0.6) is 17.2 Å². The Morgan fingerprint density at radius 3 is 2.17 bits per heavy atom. The van der Waals surface area contributed by atoms with Gasteiger partial charge >= 0.3 is 0 Å². The molecule has 1 aromatic rings. The van der Waals surface area contributed by atoms with Gasteiger partial charge in [-0.3, -0.25) is 4.90 Å². The molecule has 2 rings (SSSR count). The van der Waals surface area contributed by atoms with Gasteiger partial charge in [0, 0.05) is 37.8 Å². The van der Waals surface area contributed by atoms with E-state index in [1.807, 2.05) is 0 Å². The van der Waals surface area contributed by atoms with Crippen LogP contribution in [0.15, 0.2) is 12.1 Å². The molecular weight excluding hydrogens is 339 g/mol. The molecule has 0 unspecified atom stereocenters. The molecule has 0 aromatic heterocycles. The molecule has 0 saturated carbocycles. The number of rotatable bonds is 5. The molecular formula is C16H28Cl2N2O3. The third-order valence-electron chi connectivity index (χ3n) is 4.13. The maximum Gasteiger partial charge on any atom is 0.200 e. The fraction of sp³-hybridized carbons (Fsp3) is 0.625. The zero-order chi connectivity index (χ0) is 15.4. The van der Waals surface area contributed by atoms with E-state index in [1.54, 1.807) is 6.07 Å². The van der Waals surface area contributed by atoms with Gasteiger partial charge in [-0.15, -0.1) is 24.8 Å². The molecule has 0 spiro atoms. The lowest BCUT2D eigenvalue weighted by molar-refractivity contribution is 0.156. The number of benzene rings is 1. The second-order valence-corrected chi connectivity index (χ2v) is 6.14. The number of piperazine rings is 1. The van der Waals surface area contributed by atoms with Gasteiger partial charge in [-0.2, -0.15) is 0 Å². The Kier molecular flexibility index (Phi) is 9.70. The van der Waals surface area contributed by atoms with Gasteiger partial charge < -0.3 is 20.6 Å². The summed E-state index contributed by atoms with van der Waals surface area (Å²) in [7, 11) is 0. The zero-order valence-corrected chi connectivity index (χ0v) is 15.3. The Bertz CT molecular complexity index is 481. The topological polar surface area (TPSA) is 76.0 Å². The molecule has 4 N–H and O–H groups in total. The summed E-state index contributed by atoms with van der Waals surface area (Å²) in [5, 5.41) is 32.8. The van der Waals surface area contributed by atoms with Crippen LogP contribution in [-0.4, -0.2) is 46.4 Å².